The quantitative estimate of drug-likeness (QED) is 0.606. The highest BCUT2D eigenvalue weighted by Gasteiger charge is 2.43. The van der Waals surface area contributed by atoms with Crippen molar-refractivity contribution in [3.63, 3.8) is 0 Å². The lowest BCUT2D eigenvalue weighted by Crippen LogP contribution is -2.43. The average Bonchev–Trinajstić information content (AvgIpc) is 2.69. The number of aryl methyl sites for hydroxylation is 2. The highest BCUT2D eigenvalue weighted by atomic mass is 19.4. The molecule has 6 nitrogen and oxygen atoms in total. The monoisotopic (exact) mass is 417 g/mol. The van der Waals surface area contributed by atoms with E-state index in [-0.39, 0.29) is 31.2 Å². The van der Waals surface area contributed by atoms with E-state index >= 15 is 0 Å². The van der Waals surface area contributed by atoms with Gasteiger partial charge >= 0.3 is 18.1 Å². The summed E-state index contributed by atoms with van der Waals surface area (Å²) < 4.78 is 54.8. The lowest BCUT2D eigenvalue weighted by molar-refractivity contribution is -0.173. The Labute approximate surface area is 167 Å². The molecule has 29 heavy (non-hydrogen) atoms. The number of alkyl halides is 3. The molecule has 1 atom stereocenters. The molecule has 9 heteroatoms. The van der Waals surface area contributed by atoms with Crippen molar-refractivity contribution in [2.75, 3.05) is 31.8 Å². The third-order valence-corrected chi connectivity index (χ3v) is 4.64. The molecule has 1 unspecified atom stereocenters. The average molecular weight is 417 g/mol. The van der Waals surface area contributed by atoms with Crippen LogP contribution in [0, 0.1) is 6.92 Å². The van der Waals surface area contributed by atoms with Crippen molar-refractivity contribution in [3.05, 3.63) is 29.3 Å². The molecule has 1 aliphatic rings. The van der Waals surface area contributed by atoms with Crippen molar-refractivity contribution in [3.8, 4) is 0 Å². The van der Waals surface area contributed by atoms with E-state index in [1.54, 1.807) is 19.1 Å². The number of hydrogen-bond donors (Lipinski definition) is 0. The molecule has 1 aromatic rings. The third-order valence-electron chi connectivity index (χ3n) is 4.64. The molecule has 0 radical (unpaired) electrons. The number of anilines is 1. The van der Waals surface area contributed by atoms with Gasteiger partial charge in [0.25, 0.3) is 0 Å². The maximum absolute atomic E-state index is 13.1. The zero-order valence-corrected chi connectivity index (χ0v) is 16.6. The van der Waals surface area contributed by atoms with Crippen LogP contribution in [0.5, 0.6) is 0 Å². The van der Waals surface area contributed by atoms with Gasteiger partial charge < -0.3 is 19.1 Å². The van der Waals surface area contributed by atoms with Crippen LogP contribution in [0.1, 0.15) is 36.8 Å². The van der Waals surface area contributed by atoms with E-state index in [4.69, 9.17) is 9.47 Å². The van der Waals surface area contributed by atoms with Gasteiger partial charge in [0.1, 0.15) is 0 Å². The van der Waals surface area contributed by atoms with Crippen LogP contribution in [-0.2, 0) is 30.2 Å². The first-order chi connectivity index (χ1) is 13.7. The maximum atomic E-state index is 13.1. The minimum absolute atomic E-state index is 0.0734. The van der Waals surface area contributed by atoms with Gasteiger partial charge in [-0.2, -0.15) is 13.2 Å². The van der Waals surface area contributed by atoms with E-state index in [0.717, 1.165) is 18.4 Å². The molecule has 162 valence electrons. The molecule has 1 amide bonds. The van der Waals surface area contributed by atoms with Crippen LogP contribution in [0.4, 0.5) is 18.9 Å². The summed E-state index contributed by atoms with van der Waals surface area (Å²) in [6.45, 7) is 1.86. The summed E-state index contributed by atoms with van der Waals surface area (Å²) in [5.41, 5.74) is 1.42. The standard InChI is InChI=1S/C20H26F3NO5/c1-14-13-15(7-9-17(25)27-2)6-8-16(14)24(19(26)20(21,22)23)10-12-29-18-5-3-4-11-28-18/h6,8,13,18H,3-5,7,9-12H2,1-2H3. The molecule has 2 rings (SSSR count). The van der Waals surface area contributed by atoms with Crippen molar-refractivity contribution in [2.24, 2.45) is 0 Å². The Hall–Kier alpha value is -2.13. The minimum atomic E-state index is -5.00. The van der Waals surface area contributed by atoms with Gasteiger partial charge in [0, 0.05) is 25.3 Å². The summed E-state index contributed by atoms with van der Waals surface area (Å²) in [6, 6.07) is 4.73. The second-order valence-electron chi connectivity index (χ2n) is 6.82. The zero-order valence-electron chi connectivity index (χ0n) is 16.6. The van der Waals surface area contributed by atoms with Gasteiger partial charge in [0.2, 0.25) is 0 Å². The number of hydrogen-bond acceptors (Lipinski definition) is 5. The number of benzene rings is 1. The summed E-state index contributed by atoms with van der Waals surface area (Å²) in [7, 11) is 1.29. The van der Waals surface area contributed by atoms with Gasteiger partial charge in [-0.1, -0.05) is 12.1 Å². The van der Waals surface area contributed by atoms with Crippen LogP contribution in [0.25, 0.3) is 0 Å². The Morgan fingerprint density at radius 1 is 1.28 bits per heavy atom. The molecular weight excluding hydrogens is 391 g/mol. The topological polar surface area (TPSA) is 65.1 Å². The number of amides is 1. The van der Waals surface area contributed by atoms with Crippen LogP contribution in [0.2, 0.25) is 0 Å². The van der Waals surface area contributed by atoms with Crippen LogP contribution in [0.15, 0.2) is 18.2 Å². The van der Waals surface area contributed by atoms with Gasteiger partial charge in [-0.05, 0) is 49.8 Å². The predicted octanol–water partition coefficient (Wildman–Crippen LogP) is 3.54. The number of carbonyl (C=O) groups excluding carboxylic acids is 2. The van der Waals surface area contributed by atoms with Crippen LogP contribution < -0.4 is 4.90 Å². The number of ether oxygens (including phenoxy) is 3. The molecule has 0 saturated carbocycles. The van der Waals surface area contributed by atoms with Crippen LogP contribution >= 0.6 is 0 Å². The molecule has 0 N–H and O–H groups in total. The predicted molar refractivity (Wildman–Crippen MR) is 99.5 cm³/mol. The highest BCUT2D eigenvalue weighted by molar-refractivity contribution is 5.98. The van der Waals surface area contributed by atoms with Crippen molar-refractivity contribution in [2.45, 2.75) is 51.5 Å². The lowest BCUT2D eigenvalue weighted by atomic mass is 10.0. The largest absolute Gasteiger partial charge is 0.471 e. The third kappa shape index (κ3) is 7.01. The second kappa shape index (κ2) is 10.6. The van der Waals surface area contributed by atoms with E-state index in [9.17, 15) is 22.8 Å². The van der Waals surface area contributed by atoms with Crippen molar-refractivity contribution in [1.82, 2.24) is 0 Å². The van der Waals surface area contributed by atoms with Crippen LogP contribution in [-0.4, -0.2) is 51.2 Å². The molecule has 0 aromatic heterocycles. The van der Waals surface area contributed by atoms with Crippen molar-refractivity contribution in [1.29, 1.82) is 0 Å². The maximum Gasteiger partial charge on any atom is 0.471 e. The summed E-state index contributed by atoms with van der Waals surface area (Å²) in [5, 5.41) is 0. The smallest absolute Gasteiger partial charge is 0.469 e. The fourth-order valence-corrected chi connectivity index (χ4v) is 3.13. The number of nitrogens with zero attached hydrogens (tertiary/aromatic N) is 1. The zero-order chi connectivity index (χ0) is 21.4. The van der Waals surface area contributed by atoms with Crippen molar-refractivity contribution >= 4 is 17.6 Å². The fraction of sp³-hybridized carbons (Fsp3) is 0.600. The molecule has 1 fully saturated rings. The number of carbonyl (C=O) groups is 2. The van der Waals surface area contributed by atoms with Gasteiger partial charge in [0.05, 0.1) is 13.7 Å². The summed E-state index contributed by atoms with van der Waals surface area (Å²) in [5.74, 6) is -2.32. The molecule has 0 spiro atoms. The Kier molecular flexibility index (Phi) is 8.45. The van der Waals surface area contributed by atoms with Crippen molar-refractivity contribution < 1.29 is 37.0 Å². The molecular formula is C20H26F3NO5. The first-order valence-electron chi connectivity index (χ1n) is 9.50. The van der Waals surface area contributed by atoms with E-state index in [0.29, 0.717) is 29.9 Å². The highest BCUT2D eigenvalue weighted by Crippen LogP contribution is 2.27. The molecule has 1 aromatic carbocycles. The normalized spacial score (nSPS) is 17.1. The van der Waals surface area contributed by atoms with E-state index in [1.165, 1.54) is 13.2 Å². The fourth-order valence-electron chi connectivity index (χ4n) is 3.13. The SMILES string of the molecule is COC(=O)CCc1ccc(N(CCOC2CCCCO2)C(=O)C(F)(F)F)c(C)c1. The minimum Gasteiger partial charge on any atom is -0.469 e. The van der Waals surface area contributed by atoms with E-state index in [2.05, 4.69) is 4.74 Å². The summed E-state index contributed by atoms with van der Waals surface area (Å²) in [4.78, 5) is 23.9. The summed E-state index contributed by atoms with van der Waals surface area (Å²) >= 11 is 0. The van der Waals surface area contributed by atoms with E-state index in [1.807, 2.05) is 0 Å². The second-order valence-corrected chi connectivity index (χ2v) is 6.82. The Morgan fingerprint density at radius 3 is 2.62 bits per heavy atom. The van der Waals surface area contributed by atoms with Gasteiger partial charge in [0.15, 0.2) is 6.29 Å². The Balaban J connectivity index is 2.10. The molecule has 0 bridgehead atoms. The Morgan fingerprint density at radius 2 is 2.03 bits per heavy atom. The van der Waals surface area contributed by atoms with Gasteiger partial charge in [-0.3, -0.25) is 9.59 Å². The van der Waals surface area contributed by atoms with Crippen LogP contribution in [0.3, 0.4) is 0 Å². The van der Waals surface area contributed by atoms with Gasteiger partial charge in [-0.25, -0.2) is 0 Å². The number of methoxy groups -OCH3 is 1. The molecule has 1 saturated heterocycles. The number of halogens is 3. The molecule has 1 heterocycles. The summed E-state index contributed by atoms with van der Waals surface area (Å²) in [6.07, 6.45) is -2.35. The first-order valence-corrected chi connectivity index (χ1v) is 9.50. The number of esters is 1. The first kappa shape index (κ1) is 23.2. The van der Waals surface area contributed by atoms with E-state index < -0.39 is 18.4 Å². The number of rotatable bonds is 8. The van der Waals surface area contributed by atoms with Gasteiger partial charge in [-0.15, -0.1) is 0 Å². The molecule has 0 aliphatic carbocycles. The Bertz CT molecular complexity index is 702. The lowest BCUT2D eigenvalue weighted by Gasteiger charge is -2.28. The molecule has 1 aliphatic heterocycles.